The third-order valence-electron chi connectivity index (χ3n) is 3.84. The van der Waals surface area contributed by atoms with Crippen molar-refractivity contribution >= 4 is 45.0 Å². The van der Waals surface area contributed by atoms with Gasteiger partial charge in [-0.3, -0.25) is 9.59 Å². The van der Waals surface area contributed by atoms with Crippen LogP contribution in [0, 0.1) is 5.92 Å². The quantitative estimate of drug-likeness (QED) is 0.660. The average molecular weight is 404 g/mol. The average Bonchev–Trinajstić information content (AvgIpc) is 3.13. The van der Waals surface area contributed by atoms with Gasteiger partial charge in [0.15, 0.2) is 0 Å². The van der Waals surface area contributed by atoms with E-state index in [9.17, 15) is 22.8 Å². The van der Waals surface area contributed by atoms with Crippen LogP contribution in [-0.4, -0.2) is 45.5 Å². The molecule has 1 atom stereocenters. The summed E-state index contributed by atoms with van der Waals surface area (Å²) in [7, 11) is 0. The van der Waals surface area contributed by atoms with Gasteiger partial charge in [0, 0.05) is 29.4 Å². The Kier molecular flexibility index (Phi) is 5.88. The van der Waals surface area contributed by atoms with Gasteiger partial charge in [-0.15, -0.1) is 11.3 Å². The number of pyridine rings is 1. The zero-order chi connectivity index (χ0) is 20.4. The Bertz CT molecular complexity index is 884. The molecule has 0 spiro atoms. The SMILES string of the molecule is NC(=O)[C@@H]1CCN(Cc2csc3ccnc(N)c23)C1=O.O=C(O)C(F)(F)F. The van der Waals surface area contributed by atoms with E-state index < -0.39 is 24.0 Å². The molecular weight excluding hydrogens is 389 g/mol. The number of hydrogen-bond acceptors (Lipinski definition) is 6. The van der Waals surface area contributed by atoms with Gasteiger partial charge in [-0.1, -0.05) is 0 Å². The van der Waals surface area contributed by atoms with E-state index in [1.165, 1.54) is 0 Å². The molecular formula is C15H15F3N4O4S. The minimum absolute atomic E-state index is 0.195. The van der Waals surface area contributed by atoms with E-state index in [1.54, 1.807) is 22.4 Å². The van der Waals surface area contributed by atoms with Crippen molar-refractivity contribution in [3.8, 4) is 0 Å². The van der Waals surface area contributed by atoms with Gasteiger partial charge in [-0.05, 0) is 23.4 Å². The number of aliphatic carboxylic acids is 1. The number of halogens is 3. The minimum Gasteiger partial charge on any atom is -0.475 e. The standard InChI is InChI=1S/C13H14N4O2S.C2HF3O2/c14-11-10-7(6-20-9(10)1-3-16-11)5-17-4-2-8(12(15)18)13(17)19;3-2(4,5)1(6)7/h1,3,6,8H,2,4-5H2,(H2,14,16)(H2,15,18);(H,6,7)/t8-;/m0./s1. The summed E-state index contributed by atoms with van der Waals surface area (Å²) in [6, 6.07) is 1.90. The lowest BCUT2D eigenvalue weighted by Gasteiger charge is -2.15. The molecule has 0 aliphatic carbocycles. The first-order chi connectivity index (χ1) is 12.5. The van der Waals surface area contributed by atoms with Crippen molar-refractivity contribution in [2.75, 3.05) is 12.3 Å². The molecule has 1 aliphatic heterocycles. The number of amides is 2. The second-order valence-corrected chi connectivity index (χ2v) is 6.55. The summed E-state index contributed by atoms with van der Waals surface area (Å²) in [4.78, 5) is 37.9. The third-order valence-corrected chi connectivity index (χ3v) is 4.83. The first kappa shape index (κ1) is 20.4. The van der Waals surface area contributed by atoms with Crippen molar-refractivity contribution < 1.29 is 32.7 Å². The Morgan fingerprint density at radius 1 is 1.41 bits per heavy atom. The van der Waals surface area contributed by atoms with Crippen molar-refractivity contribution in [1.82, 2.24) is 9.88 Å². The largest absolute Gasteiger partial charge is 0.490 e. The van der Waals surface area contributed by atoms with Gasteiger partial charge in [0.25, 0.3) is 0 Å². The van der Waals surface area contributed by atoms with Crippen LogP contribution in [-0.2, 0) is 20.9 Å². The highest BCUT2D eigenvalue weighted by Crippen LogP contribution is 2.31. The number of carboxylic acid groups (broad SMARTS) is 1. The molecule has 0 bridgehead atoms. The van der Waals surface area contributed by atoms with Gasteiger partial charge in [0.2, 0.25) is 11.8 Å². The first-order valence-corrected chi connectivity index (χ1v) is 8.39. The van der Waals surface area contributed by atoms with Crippen LogP contribution in [0.3, 0.4) is 0 Å². The van der Waals surface area contributed by atoms with Gasteiger partial charge < -0.3 is 21.5 Å². The molecule has 0 aromatic carbocycles. The number of primary amides is 1. The number of alkyl halides is 3. The Labute approximate surface area is 154 Å². The number of carboxylic acids is 1. The molecule has 2 aromatic rings. The molecule has 0 radical (unpaired) electrons. The summed E-state index contributed by atoms with van der Waals surface area (Å²) in [5.74, 6) is -3.71. The van der Waals surface area contributed by atoms with Gasteiger partial charge in [0.05, 0.1) is 0 Å². The van der Waals surface area contributed by atoms with Crippen molar-refractivity contribution in [3.05, 3.63) is 23.2 Å². The lowest BCUT2D eigenvalue weighted by Crippen LogP contribution is -2.33. The molecule has 146 valence electrons. The number of nitrogens with two attached hydrogens (primary N) is 2. The molecule has 3 rings (SSSR count). The molecule has 1 fully saturated rings. The maximum atomic E-state index is 12.1. The summed E-state index contributed by atoms with van der Waals surface area (Å²) >= 11 is 1.57. The van der Waals surface area contributed by atoms with Gasteiger partial charge >= 0.3 is 12.1 Å². The Balaban J connectivity index is 0.000000321. The van der Waals surface area contributed by atoms with E-state index in [0.717, 1.165) is 15.6 Å². The number of nitrogen functional groups attached to an aromatic ring is 1. The fourth-order valence-electron chi connectivity index (χ4n) is 2.56. The van der Waals surface area contributed by atoms with Crippen LogP contribution < -0.4 is 11.5 Å². The highest BCUT2D eigenvalue weighted by Gasteiger charge is 2.38. The van der Waals surface area contributed by atoms with Crippen LogP contribution >= 0.6 is 11.3 Å². The Morgan fingerprint density at radius 2 is 2.04 bits per heavy atom. The monoisotopic (exact) mass is 404 g/mol. The van der Waals surface area contributed by atoms with Crippen LogP contribution in [0.1, 0.15) is 12.0 Å². The number of carbonyl (C=O) groups is 3. The van der Waals surface area contributed by atoms with Gasteiger partial charge in [0.1, 0.15) is 11.7 Å². The predicted octanol–water partition coefficient (Wildman–Crippen LogP) is 1.35. The van der Waals surface area contributed by atoms with Crippen LogP contribution in [0.2, 0.25) is 0 Å². The molecule has 1 aliphatic rings. The number of carbonyl (C=O) groups excluding carboxylic acids is 2. The third kappa shape index (κ3) is 4.64. The minimum atomic E-state index is -5.08. The summed E-state index contributed by atoms with van der Waals surface area (Å²) in [5, 5.41) is 10.0. The lowest BCUT2D eigenvalue weighted by atomic mass is 10.1. The summed E-state index contributed by atoms with van der Waals surface area (Å²) < 4.78 is 32.8. The normalized spacial score (nSPS) is 16.9. The highest BCUT2D eigenvalue weighted by atomic mass is 32.1. The first-order valence-electron chi connectivity index (χ1n) is 7.51. The van der Waals surface area contributed by atoms with Crippen LogP contribution in [0.4, 0.5) is 19.0 Å². The lowest BCUT2D eigenvalue weighted by molar-refractivity contribution is -0.192. The van der Waals surface area contributed by atoms with Crippen LogP contribution in [0.25, 0.3) is 10.1 Å². The summed E-state index contributed by atoms with van der Waals surface area (Å²) in [5.41, 5.74) is 12.1. The van der Waals surface area contributed by atoms with E-state index >= 15 is 0 Å². The molecule has 2 amide bonds. The van der Waals surface area contributed by atoms with E-state index in [-0.39, 0.29) is 5.91 Å². The second-order valence-electron chi connectivity index (χ2n) is 5.64. The second kappa shape index (κ2) is 7.78. The fourth-order valence-corrected chi connectivity index (χ4v) is 3.51. The number of rotatable bonds is 3. The van der Waals surface area contributed by atoms with Crippen molar-refractivity contribution in [2.24, 2.45) is 11.7 Å². The van der Waals surface area contributed by atoms with Crippen molar-refractivity contribution in [1.29, 1.82) is 0 Å². The smallest absolute Gasteiger partial charge is 0.475 e. The van der Waals surface area contributed by atoms with Crippen LogP contribution in [0.5, 0.6) is 0 Å². The molecule has 8 nitrogen and oxygen atoms in total. The molecule has 0 unspecified atom stereocenters. The van der Waals surface area contributed by atoms with Crippen LogP contribution in [0.15, 0.2) is 17.6 Å². The number of fused-ring (bicyclic) bond motifs is 1. The number of thiophene rings is 1. The maximum absolute atomic E-state index is 12.1. The number of hydrogen-bond donors (Lipinski definition) is 3. The number of likely N-dealkylation sites (tertiary alicyclic amines) is 1. The molecule has 5 N–H and O–H groups in total. The topological polar surface area (TPSA) is 140 Å². The molecule has 12 heteroatoms. The van der Waals surface area contributed by atoms with E-state index in [1.807, 2.05) is 11.4 Å². The zero-order valence-corrected chi connectivity index (χ0v) is 14.5. The van der Waals surface area contributed by atoms with Gasteiger partial charge in [-0.25, -0.2) is 9.78 Å². The maximum Gasteiger partial charge on any atom is 0.490 e. The van der Waals surface area contributed by atoms with Crippen molar-refractivity contribution in [3.63, 3.8) is 0 Å². The van der Waals surface area contributed by atoms with Gasteiger partial charge in [-0.2, -0.15) is 13.2 Å². The zero-order valence-electron chi connectivity index (χ0n) is 13.7. The fraction of sp³-hybridized carbons (Fsp3) is 0.333. The van der Waals surface area contributed by atoms with Crippen molar-refractivity contribution in [2.45, 2.75) is 19.1 Å². The van der Waals surface area contributed by atoms with E-state index in [4.69, 9.17) is 21.4 Å². The molecule has 2 aromatic heterocycles. The number of anilines is 1. The number of nitrogens with zero attached hydrogens (tertiary/aromatic N) is 2. The molecule has 1 saturated heterocycles. The Hall–Kier alpha value is -2.89. The molecule has 0 saturated carbocycles. The summed E-state index contributed by atoms with van der Waals surface area (Å²) in [6.07, 6.45) is -2.92. The molecule has 3 heterocycles. The summed E-state index contributed by atoms with van der Waals surface area (Å²) in [6.45, 7) is 0.989. The van der Waals surface area contributed by atoms with E-state index in [0.29, 0.717) is 25.3 Å². The number of aromatic nitrogens is 1. The van der Waals surface area contributed by atoms with E-state index in [2.05, 4.69) is 4.98 Å². The Morgan fingerprint density at radius 3 is 2.56 bits per heavy atom. The predicted molar refractivity (Wildman–Crippen MR) is 90.4 cm³/mol. The molecule has 27 heavy (non-hydrogen) atoms. The highest BCUT2D eigenvalue weighted by molar-refractivity contribution is 7.17.